The fourth-order valence-electron chi connectivity index (χ4n) is 11.0. The maximum Gasteiger partial charge on any atom is 0.201 e. The van der Waals surface area contributed by atoms with Crippen LogP contribution in [0.5, 0.6) is 17.2 Å². The first-order valence-corrected chi connectivity index (χ1v) is 33.3. The summed E-state index contributed by atoms with van der Waals surface area (Å²) in [5.41, 5.74) is -1.21. The predicted octanol–water partition coefficient (Wildman–Crippen LogP) is 15.5. The molecule has 6 aromatic carbocycles. The van der Waals surface area contributed by atoms with Crippen molar-refractivity contribution in [2.24, 2.45) is 5.41 Å². The van der Waals surface area contributed by atoms with Gasteiger partial charge in [0.15, 0.2) is 23.1 Å². The van der Waals surface area contributed by atoms with Crippen molar-refractivity contribution >= 4 is 34.7 Å². The van der Waals surface area contributed by atoms with Crippen LogP contribution in [-0.4, -0.2) is 128 Å². The van der Waals surface area contributed by atoms with E-state index in [2.05, 4.69) is 34.6 Å². The molecule has 6 rings (SSSR count). The molecule has 9 atom stereocenters. The summed E-state index contributed by atoms with van der Waals surface area (Å²) in [6.07, 6.45) is 1.92. The van der Waals surface area contributed by atoms with Crippen LogP contribution in [0.3, 0.4) is 0 Å². The maximum absolute atomic E-state index is 14.0. The van der Waals surface area contributed by atoms with Crippen LogP contribution in [0.4, 0.5) is 0 Å². The van der Waals surface area contributed by atoms with E-state index in [4.69, 9.17) is 42.6 Å². The quantitative estimate of drug-likeness (QED) is 0.0329. The number of rotatable bonds is 44. The van der Waals surface area contributed by atoms with E-state index >= 15 is 0 Å². The molecule has 0 aliphatic heterocycles. The zero-order valence-corrected chi connectivity index (χ0v) is 57.6. The van der Waals surface area contributed by atoms with Crippen LogP contribution in [0, 0.1) is 5.41 Å². The van der Waals surface area contributed by atoms with Crippen LogP contribution < -0.4 is 14.2 Å². The minimum atomic E-state index is -1.20. The third-order valence-electron chi connectivity index (χ3n) is 18.1. The van der Waals surface area contributed by atoms with Crippen LogP contribution in [-0.2, 0) is 42.8 Å². The highest BCUT2D eigenvalue weighted by molar-refractivity contribution is 6.10. The van der Waals surface area contributed by atoms with Crippen LogP contribution >= 0.6 is 0 Å². The molecular weight excluding hydrogens is 1190 g/mol. The zero-order valence-electron chi connectivity index (χ0n) is 57.6. The van der Waals surface area contributed by atoms with Crippen molar-refractivity contribution in [1.82, 2.24) is 0 Å². The van der Waals surface area contributed by atoms with Gasteiger partial charge in [-0.15, -0.1) is 0 Å². The third-order valence-corrected chi connectivity index (χ3v) is 18.1. The molecule has 0 aliphatic carbocycles. The Bertz CT molecular complexity index is 3340. The average molecular weight is 1290 g/mol. The molecule has 15 heteroatoms. The number of Topliss-reactive ketones (excluding diaryl/α,β-unsaturated/α-hetero) is 3. The summed E-state index contributed by atoms with van der Waals surface area (Å²) in [5.74, 6) is 0.385. The minimum Gasteiger partial charge on any atom is -0.486 e. The van der Waals surface area contributed by atoms with Crippen molar-refractivity contribution < 1.29 is 71.4 Å². The van der Waals surface area contributed by atoms with Crippen LogP contribution in [0.1, 0.15) is 189 Å². The fraction of sp³-hybridized carbons (Fsp3) is 0.468. The van der Waals surface area contributed by atoms with Gasteiger partial charge in [-0.25, -0.2) is 0 Å². The molecule has 506 valence electrons. The van der Waals surface area contributed by atoms with Gasteiger partial charge in [-0.1, -0.05) is 133 Å². The molecule has 0 aromatic heterocycles. The smallest absolute Gasteiger partial charge is 0.201 e. The van der Waals surface area contributed by atoms with Gasteiger partial charge < -0.3 is 42.6 Å². The van der Waals surface area contributed by atoms with Crippen LogP contribution in [0.25, 0.3) is 0 Å². The second-order valence-corrected chi connectivity index (χ2v) is 25.7. The highest BCUT2D eigenvalue weighted by atomic mass is 16.6. The van der Waals surface area contributed by atoms with Gasteiger partial charge in [0, 0.05) is 51.6 Å². The first-order chi connectivity index (χ1) is 44.9. The number of hydrogen-bond acceptors (Lipinski definition) is 15. The first kappa shape index (κ1) is 75.5. The maximum atomic E-state index is 14.0. The van der Waals surface area contributed by atoms with Gasteiger partial charge in [-0.2, -0.15) is 0 Å². The van der Waals surface area contributed by atoms with Gasteiger partial charge in [-0.3, -0.25) is 28.8 Å². The van der Waals surface area contributed by atoms with Crippen LogP contribution in [0.2, 0.25) is 0 Å². The van der Waals surface area contributed by atoms with E-state index in [1.165, 1.54) is 0 Å². The predicted molar refractivity (Wildman–Crippen MR) is 366 cm³/mol. The minimum absolute atomic E-state index is 0.103. The van der Waals surface area contributed by atoms with Gasteiger partial charge in [0.1, 0.15) is 54.4 Å². The lowest BCUT2D eigenvalue weighted by Crippen LogP contribution is -2.47. The van der Waals surface area contributed by atoms with E-state index < -0.39 is 46.1 Å². The van der Waals surface area contributed by atoms with E-state index in [1.54, 1.807) is 123 Å². The Morgan fingerprint density at radius 2 is 0.723 bits per heavy atom. The number of carbonyl (C=O) groups excluding carboxylic acids is 6. The largest absolute Gasteiger partial charge is 0.486 e. The van der Waals surface area contributed by atoms with Gasteiger partial charge in [-0.05, 0) is 160 Å². The van der Waals surface area contributed by atoms with E-state index in [9.17, 15) is 28.8 Å². The second kappa shape index (κ2) is 35.8. The van der Waals surface area contributed by atoms with Crippen molar-refractivity contribution in [2.75, 3.05) is 46.2 Å². The number of carbonyl (C=O) groups is 6. The van der Waals surface area contributed by atoms with Gasteiger partial charge >= 0.3 is 0 Å². The molecule has 0 saturated carbocycles. The molecule has 0 spiro atoms. The molecule has 0 radical (unpaired) electrons. The topological polar surface area (TPSA) is 185 Å². The summed E-state index contributed by atoms with van der Waals surface area (Å²) in [5, 5.41) is 0. The Hall–Kier alpha value is -7.50. The standard InChI is InChI=1S/C79H100O15/c1-14-69(68(80)50-87-65-41-35-62(36-42-65)72(83)59-29-23-20-24-30-59)92-56(7)47-75(10,15-2)90-54-79(19-6,53-86-49-58(9)94-78(13,18-5)71(82)52-89-67-45-39-64(40-46-67)74(85)61-33-27-22-28-34-61)55-91-76(11,16-3)48-57(8)93-77(12,17-4)70(81)51-88-66-43-37-63(38-44-66)73(84)60-31-25-21-26-32-60/h20-46,56-58,69H,14-19,47-55H2,1-13H3. The summed E-state index contributed by atoms with van der Waals surface area (Å²) < 4.78 is 58.2. The summed E-state index contributed by atoms with van der Waals surface area (Å²) in [6.45, 7) is 25.5. The molecule has 15 nitrogen and oxygen atoms in total. The highest BCUT2D eigenvalue weighted by Crippen LogP contribution is 2.35. The lowest BCUT2D eigenvalue weighted by atomic mass is 9.86. The highest BCUT2D eigenvalue weighted by Gasteiger charge is 2.41. The average Bonchev–Trinajstić information content (AvgIpc) is 1.92. The van der Waals surface area contributed by atoms with Crippen molar-refractivity contribution in [3.05, 3.63) is 197 Å². The number of ketones is 6. The summed E-state index contributed by atoms with van der Waals surface area (Å²) in [6, 6.07) is 47.4. The van der Waals surface area contributed by atoms with Gasteiger partial charge in [0.2, 0.25) is 11.6 Å². The molecule has 9 unspecified atom stereocenters. The van der Waals surface area contributed by atoms with Crippen LogP contribution in [0.15, 0.2) is 164 Å². The zero-order chi connectivity index (χ0) is 68.5. The molecular formula is C79H100O15. The molecule has 0 aliphatic rings. The Balaban J connectivity index is 1.09. The van der Waals surface area contributed by atoms with Gasteiger partial charge in [0.05, 0.1) is 55.9 Å². The third kappa shape index (κ3) is 22.0. The molecule has 0 amide bonds. The van der Waals surface area contributed by atoms with E-state index in [-0.39, 0.29) is 87.1 Å². The lowest BCUT2D eigenvalue weighted by molar-refractivity contribution is -0.179. The van der Waals surface area contributed by atoms with E-state index in [0.717, 1.165) is 0 Å². The molecule has 94 heavy (non-hydrogen) atoms. The second-order valence-electron chi connectivity index (χ2n) is 25.7. The monoisotopic (exact) mass is 1290 g/mol. The SMILES string of the molecule is CCC(OC(C)CC(C)(CC)OCC(CC)(COCC(C)OC(C)(CC)C(=O)COc1ccc(C(=O)c2ccccc2)cc1)COC(C)(CC)CC(C)OC(C)(CC)C(=O)COc1ccc(C(=O)c2ccccc2)cc1)C(=O)COc1ccc(C(=O)c2ccccc2)cc1. The van der Waals surface area contributed by atoms with Crippen molar-refractivity contribution in [3.63, 3.8) is 0 Å². The summed E-state index contributed by atoms with van der Waals surface area (Å²) >= 11 is 0. The van der Waals surface area contributed by atoms with E-state index in [1.807, 2.05) is 96.1 Å². The molecule has 6 aromatic rings. The molecule has 0 bridgehead atoms. The molecule has 0 saturated heterocycles. The first-order valence-electron chi connectivity index (χ1n) is 33.3. The molecule has 0 fully saturated rings. The summed E-state index contributed by atoms with van der Waals surface area (Å²) in [4.78, 5) is 80.4. The number of hydrogen-bond donors (Lipinski definition) is 0. The van der Waals surface area contributed by atoms with Crippen molar-refractivity contribution in [3.8, 4) is 17.2 Å². The number of ether oxygens (including phenoxy) is 9. The molecule has 0 heterocycles. The molecule has 0 N–H and O–H groups in total. The Kier molecular flexibility index (Phi) is 28.8. The fourth-order valence-corrected chi connectivity index (χ4v) is 11.0. The Labute approximate surface area is 557 Å². The van der Waals surface area contributed by atoms with Gasteiger partial charge in [0.25, 0.3) is 0 Å². The van der Waals surface area contributed by atoms with Crippen molar-refractivity contribution in [1.29, 1.82) is 0 Å². The normalized spacial score (nSPS) is 16.1. The van der Waals surface area contributed by atoms with E-state index in [0.29, 0.717) is 102 Å². The number of benzene rings is 6. The lowest BCUT2D eigenvalue weighted by Gasteiger charge is -2.42. The Morgan fingerprint density at radius 3 is 1.06 bits per heavy atom. The van der Waals surface area contributed by atoms with Crippen molar-refractivity contribution in [2.45, 2.75) is 188 Å². The summed E-state index contributed by atoms with van der Waals surface area (Å²) in [7, 11) is 0. The Morgan fingerprint density at radius 1 is 0.383 bits per heavy atom.